The highest BCUT2D eigenvalue weighted by atomic mass is 19.1. The molecule has 1 aromatic carbocycles. The van der Waals surface area contributed by atoms with Gasteiger partial charge in [0, 0.05) is 6.54 Å². The van der Waals surface area contributed by atoms with E-state index < -0.39 is 27.8 Å². The van der Waals surface area contributed by atoms with Crippen molar-refractivity contribution in [1.82, 2.24) is 0 Å². The molecule has 6 nitrogen and oxygen atoms in total. The number of nitro groups is 1. The van der Waals surface area contributed by atoms with Crippen LogP contribution in [0.1, 0.15) is 13.8 Å². The summed E-state index contributed by atoms with van der Waals surface area (Å²) < 4.78 is 13.3. The Labute approximate surface area is 103 Å². The molecule has 0 aliphatic rings. The van der Waals surface area contributed by atoms with Gasteiger partial charge in [0.25, 0.3) is 0 Å². The van der Waals surface area contributed by atoms with Crippen molar-refractivity contribution in [3.8, 4) is 0 Å². The zero-order valence-corrected chi connectivity index (χ0v) is 10.1. The predicted molar refractivity (Wildman–Crippen MR) is 64.5 cm³/mol. The number of nitrogens with one attached hydrogen (secondary N) is 1. The standard InChI is InChI=1S/C11H14FN3O3/c1-11(2,10(13)16)6-14-8-5-3-4-7(12)9(8)15(17)18/h3-5,14H,6H2,1-2H3,(H2,13,16). The van der Waals surface area contributed by atoms with Crippen LogP contribution in [0.25, 0.3) is 0 Å². The van der Waals surface area contributed by atoms with Crippen molar-refractivity contribution < 1.29 is 14.1 Å². The van der Waals surface area contributed by atoms with Crippen LogP contribution < -0.4 is 11.1 Å². The van der Waals surface area contributed by atoms with Crippen molar-refractivity contribution in [2.75, 3.05) is 11.9 Å². The van der Waals surface area contributed by atoms with E-state index in [2.05, 4.69) is 5.32 Å². The Bertz CT molecular complexity index is 488. The SMILES string of the molecule is CC(C)(CNc1cccc(F)c1[N+](=O)[O-])C(N)=O. The third-order valence-corrected chi connectivity index (χ3v) is 2.56. The number of anilines is 1. The lowest BCUT2D eigenvalue weighted by atomic mass is 9.92. The van der Waals surface area contributed by atoms with Gasteiger partial charge in [-0.05, 0) is 26.0 Å². The molecule has 0 heterocycles. The van der Waals surface area contributed by atoms with E-state index in [0.29, 0.717) is 0 Å². The van der Waals surface area contributed by atoms with E-state index >= 15 is 0 Å². The number of nitrogens with zero attached hydrogens (tertiary/aromatic N) is 1. The van der Waals surface area contributed by atoms with Crippen LogP contribution in [0, 0.1) is 21.3 Å². The summed E-state index contributed by atoms with van der Waals surface area (Å²) in [6.07, 6.45) is 0. The van der Waals surface area contributed by atoms with E-state index in [9.17, 15) is 19.3 Å². The molecule has 98 valence electrons. The number of halogens is 1. The summed E-state index contributed by atoms with van der Waals surface area (Å²) in [5.41, 5.74) is 3.67. The maximum absolute atomic E-state index is 13.3. The number of nitro benzene ring substituents is 1. The number of primary amides is 1. The van der Waals surface area contributed by atoms with Gasteiger partial charge in [-0.3, -0.25) is 14.9 Å². The minimum atomic E-state index is -0.929. The molecule has 0 unspecified atom stereocenters. The number of carbonyl (C=O) groups is 1. The van der Waals surface area contributed by atoms with Gasteiger partial charge in [0.05, 0.1) is 10.3 Å². The molecule has 0 atom stereocenters. The lowest BCUT2D eigenvalue weighted by molar-refractivity contribution is -0.386. The molecule has 3 N–H and O–H groups in total. The molecule has 1 amide bonds. The fourth-order valence-corrected chi connectivity index (χ4v) is 1.25. The molecule has 0 radical (unpaired) electrons. The molecule has 0 aliphatic heterocycles. The molecule has 18 heavy (non-hydrogen) atoms. The van der Waals surface area contributed by atoms with Crippen LogP contribution in [0.4, 0.5) is 15.8 Å². The summed E-state index contributed by atoms with van der Waals surface area (Å²) in [7, 11) is 0. The predicted octanol–water partition coefficient (Wildman–Crippen LogP) is 1.66. The van der Waals surface area contributed by atoms with Gasteiger partial charge in [0.2, 0.25) is 11.7 Å². The highest BCUT2D eigenvalue weighted by Gasteiger charge is 2.27. The van der Waals surface area contributed by atoms with E-state index in [0.717, 1.165) is 6.07 Å². The molecular formula is C11H14FN3O3. The fraction of sp³-hybridized carbons (Fsp3) is 0.364. The zero-order chi connectivity index (χ0) is 13.9. The van der Waals surface area contributed by atoms with Gasteiger partial charge in [-0.15, -0.1) is 0 Å². The first-order chi connectivity index (χ1) is 8.25. The molecule has 7 heteroatoms. The second-order valence-electron chi connectivity index (χ2n) is 4.49. The summed E-state index contributed by atoms with van der Waals surface area (Å²) in [5, 5.41) is 13.4. The first kappa shape index (κ1) is 13.9. The van der Waals surface area contributed by atoms with Crippen LogP contribution in [-0.4, -0.2) is 17.4 Å². The van der Waals surface area contributed by atoms with Gasteiger partial charge in [-0.1, -0.05) is 6.07 Å². The maximum atomic E-state index is 13.3. The second kappa shape index (κ2) is 4.99. The van der Waals surface area contributed by atoms with Crippen LogP contribution >= 0.6 is 0 Å². The second-order valence-corrected chi connectivity index (χ2v) is 4.49. The van der Waals surface area contributed by atoms with Gasteiger partial charge >= 0.3 is 5.69 Å². The Morgan fingerprint density at radius 2 is 2.17 bits per heavy atom. The number of hydrogen-bond acceptors (Lipinski definition) is 4. The number of hydrogen-bond donors (Lipinski definition) is 2. The van der Waals surface area contributed by atoms with Gasteiger partial charge in [0.15, 0.2) is 0 Å². The topological polar surface area (TPSA) is 98.3 Å². The Kier molecular flexibility index (Phi) is 3.85. The average molecular weight is 255 g/mol. The monoisotopic (exact) mass is 255 g/mol. The fourth-order valence-electron chi connectivity index (χ4n) is 1.25. The molecule has 0 spiro atoms. The van der Waals surface area contributed by atoms with Crippen molar-refractivity contribution in [3.05, 3.63) is 34.1 Å². The zero-order valence-electron chi connectivity index (χ0n) is 10.1. The highest BCUT2D eigenvalue weighted by Crippen LogP contribution is 2.28. The Balaban J connectivity index is 2.96. The first-order valence-electron chi connectivity index (χ1n) is 5.22. The van der Waals surface area contributed by atoms with E-state index in [1.807, 2.05) is 0 Å². The highest BCUT2D eigenvalue weighted by molar-refractivity contribution is 5.80. The lowest BCUT2D eigenvalue weighted by Crippen LogP contribution is -2.37. The minimum absolute atomic E-state index is 0.0225. The Morgan fingerprint density at radius 1 is 1.56 bits per heavy atom. The first-order valence-corrected chi connectivity index (χ1v) is 5.22. The summed E-state index contributed by atoms with van der Waals surface area (Å²) in [4.78, 5) is 21.0. The van der Waals surface area contributed by atoms with E-state index in [4.69, 9.17) is 5.73 Å². The minimum Gasteiger partial charge on any atom is -0.378 e. The number of para-hydroxylation sites is 1. The normalized spacial score (nSPS) is 11.1. The van der Waals surface area contributed by atoms with Crippen molar-refractivity contribution in [2.24, 2.45) is 11.1 Å². The Morgan fingerprint density at radius 3 is 2.67 bits per heavy atom. The van der Waals surface area contributed by atoms with E-state index in [1.54, 1.807) is 13.8 Å². The van der Waals surface area contributed by atoms with Crippen molar-refractivity contribution in [2.45, 2.75) is 13.8 Å². The van der Waals surface area contributed by atoms with E-state index in [-0.39, 0.29) is 12.2 Å². The van der Waals surface area contributed by atoms with Crippen LogP contribution in [0.2, 0.25) is 0 Å². The number of benzene rings is 1. The third-order valence-electron chi connectivity index (χ3n) is 2.56. The molecular weight excluding hydrogens is 241 g/mol. The van der Waals surface area contributed by atoms with Crippen LogP contribution in [0.5, 0.6) is 0 Å². The quantitative estimate of drug-likeness (QED) is 0.617. The van der Waals surface area contributed by atoms with Crippen molar-refractivity contribution in [3.63, 3.8) is 0 Å². The molecule has 1 rings (SSSR count). The Hall–Kier alpha value is -2.18. The lowest BCUT2D eigenvalue weighted by Gasteiger charge is -2.21. The molecule has 0 aliphatic carbocycles. The molecule has 0 aromatic heterocycles. The van der Waals surface area contributed by atoms with Crippen molar-refractivity contribution in [1.29, 1.82) is 0 Å². The number of rotatable bonds is 5. The summed E-state index contributed by atoms with van der Waals surface area (Å²) in [5.74, 6) is -1.48. The summed E-state index contributed by atoms with van der Waals surface area (Å²) in [6, 6.07) is 3.72. The smallest absolute Gasteiger partial charge is 0.327 e. The van der Waals surface area contributed by atoms with Gasteiger partial charge in [0.1, 0.15) is 5.69 Å². The number of carbonyl (C=O) groups excluding carboxylic acids is 1. The molecule has 0 saturated heterocycles. The molecule has 0 fully saturated rings. The van der Waals surface area contributed by atoms with Gasteiger partial charge in [-0.25, -0.2) is 0 Å². The van der Waals surface area contributed by atoms with E-state index in [1.165, 1.54) is 12.1 Å². The average Bonchev–Trinajstić information content (AvgIpc) is 2.25. The van der Waals surface area contributed by atoms with Crippen LogP contribution in [-0.2, 0) is 4.79 Å². The largest absolute Gasteiger partial charge is 0.378 e. The summed E-state index contributed by atoms with van der Waals surface area (Å²) >= 11 is 0. The number of nitrogens with two attached hydrogens (primary N) is 1. The maximum Gasteiger partial charge on any atom is 0.327 e. The van der Waals surface area contributed by atoms with Crippen LogP contribution in [0.3, 0.4) is 0 Å². The molecule has 0 saturated carbocycles. The van der Waals surface area contributed by atoms with Gasteiger partial charge in [-0.2, -0.15) is 4.39 Å². The van der Waals surface area contributed by atoms with Crippen molar-refractivity contribution >= 4 is 17.3 Å². The number of amides is 1. The van der Waals surface area contributed by atoms with Gasteiger partial charge < -0.3 is 11.1 Å². The van der Waals surface area contributed by atoms with Crippen LogP contribution in [0.15, 0.2) is 18.2 Å². The third kappa shape index (κ3) is 2.93. The molecule has 1 aromatic rings. The molecule has 0 bridgehead atoms. The summed E-state index contributed by atoms with van der Waals surface area (Å²) in [6.45, 7) is 3.26.